The van der Waals surface area contributed by atoms with Gasteiger partial charge in [-0.15, -0.1) is 0 Å². The topological polar surface area (TPSA) is 142 Å². The number of fused-ring (bicyclic) bond motifs is 2. The molecule has 0 radical (unpaired) electrons. The third kappa shape index (κ3) is 6.52. The van der Waals surface area contributed by atoms with E-state index in [0.717, 1.165) is 12.0 Å². The van der Waals surface area contributed by atoms with Crippen molar-refractivity contribution in [3.8, 4) is 0 Å². The van der Waals surface area contributed by atoms with E-state index in [1.165, 1.54) is 16.4 Å². The Morgan fingerprint density at radius 1 is 1.19 bits per heavy atom. The predicted molar refractivity (Wildman–Crippen MR) is 161 cm³/mol. The summed E-state index contributed by atoms with van der Waals surface area (Å²) in [5.74, 6) is -0.908. The number of rotatable bonds is 8. The monoisotopic (exact) mass is 641 g/mol. The Bertz CT molecular complexity index is 1470. The molecule has 14 heteroatoms. The summed E-state index contributed by atoms with van der Waals surface area (Å²) in [4.78, 5) is 13.7. The fraction of sp³-hybridized carbons (Fsp3) is 0.536. The van der Waals surface area contributed by atoms with Crippen LogP contribution in [-0.4, -0.2) is 81.4 Å². The summed E-state index contributed by atoms with van der Waals surface area (Å²) in [7, 11) is -6.14. The summed E-state index contributed by atoms with van der Waals surface area (Å²) >= 11 is 6.11. The maximum absolute atomic E-state index is 15.2. The van der Waals surface area contributed by atoms with Gasteiger partial charge in [0.05, 0.1) is 11.8 Å². The van der Waals surface area contributed by atoms with Crippen molar-refractivity contribution in [3.63, 3.8) is 0 Å². The van der Waals surface area contributed by atoms with E-state index in [4.69, 9.17) is 17.3 Å². The van der Waals surface area contributed by atoms with Crippen LogP contribution in [0.25, 0.3) is 0 Å². The molecule has 3 aliphatic rings. The first-order chi connectivity index (χ1) is 20.0. The number of nitrogens with two attached hydrogens (primary N) is 1. The number of halogens is 2. The zero-order valence-corrected chi connectivity index (χ0v) is 25.6. The summed E-state index contributed by atoms with van der Waals surface area (Å²) in [6.07, 6.45) is 2.65. The molecule has 3 fully saturated rings. The van der Waals surface area contributed by atoms with Gasteiger partial charge in [-0.1, -0.05) is 29.8 Å². The van der Waals surface area contributed by atoms with Crippen LogP contribution in [0, 0.1) is 5.82 Å². The highest BCUT2D eigenvalue weighted by molar-refractivity contribution is 7.89. The molecule has 4 atom stereocenters. The van der Waals surface area contributed by atoms with Gasteiger partial charge in [-0.2, -0.15) is 4.31 Å². The molecule has 0 spiro atoms. The molecule has 5 rings (SSSR count). The minimum absolute atomic E-state index is 0.110. The van der Waals surface area contributed by atoms with Crippen LogP contribution in [0.15, 0.2) is 42.5 Å². The van der Waals surface area contributed by atoms with Crippen LogP contribution in [0.2, 0.25) is 5.02 Å². The van der Waals surface area contributed by atoms with Crippen LogP contribution in [0.4, 0.5) is 10.1 Å². The number of thiol groups is 1. The summed E-state index contributed by atoms with van der Waals surface area (Å²) < 4.78 is 67.0. The Labute approximate surface area is 252 Å². The van der Waals surface area contributed by atoms with Gasteiger partial charge in [-0.3, -0.25) is 4.79 Å². The van der Waals surface area contributed by atoms with Gasteiger partial charge in [0, 0.05) is 60.0 Å². The molecule has 3 saturated heterocycles. The second-order valence-corrected chi connectivity index (χ2v) is 14.9. The molecular weight excluding hydrogens is 605 g/mol. The third-order valence-corrected chi connectivity index (χ3v) is 12.1. The molecule has 230 valence electrons. The van der Waals surface area contributed by atoms with E-state index in [0.29, 0.717) is 43.8 Å². The predicted octanol–water partition coefficient (Wildman–Crippen LogP) is 2.00. The average molecular weight is 642 g/mol. The van der Waals surface area contributed by atoms with Gasteiger partial charge in [0.1, 0.15) is 5.82 Å². The van der Waals surface area contributed by atoms with Gasteiger partial charge in [0.25, 0.3) is 0 Å². The fourth-order valence-corrected chi connectivity index (χ4v) is 9.03. The molecule has 0 aromatic heterocycles. The van der Waals surface area contributed by atoms with Gasteiger partial charge in [0.2, 0.25) is 26.8 Å². The maximum Gasteiger partial charge on any atom is 0.242 e. The van der Waals surface area contributed by atoms with E-state index in [1.54, 1.807) is 34.6 Å². The Hall–Kier alpha value is -2.13. The van der Waals surface area contributed by atoms with Gasteiger partial charge in [-0.05, 0) is 68.4 Å². The molecule has 10 nitrogen and oxygen atoms in total. The van der Waals surface area contributed by atoms with Crippen LogP contribution in [0.5, 0.6) is 0 Å². The van der Waals surface area contributed by atoms with E-state index in [2.05, 4.69) is 10.6 Å². The minimum Gasteiger partial charge on any atom is -0.324 e. The number of anilines is 1. The van der Waals surface area contributed by atoms with E-state index in [9.17, 15) is 21.6 Å². The second kappa shape index (κ2) is 12.8. The first kappa shape index (κ1) is 31.3. The average Bonchev–Trinajstić information content (AvgIpc) is 3.08. The van der Waals surface area contributed by atoms with Crippen molar-refractivity contribution in [2.45, 2.75) is 62.1 Å². The first-order valence-corrected chi connectivity index (χ1v) is 17.3. The standard InChI is InChI=1S/C28H37ClFN5O5S2/c29-20-8-6-19(7-9-20)28(12-14-34(15-13-28)41(37)38)26(31)27(36)33-25-5-1-4-24(30)23(25)11-10-22-17-32-21-3-2-16-42(39,40)35(22)18-21/h1,4-9,21-22,26,32,41H,2-3,10-18,31H2,(H,33,36)/t21-,22+,26-/m1/s1. The van der Waals surface area contributed by atoms with Crippen molar-refractivity contribution in [2.24, 2.45) is 5.73 Å². The highest BCUT2D eigenvalue weighted by atomic mass is 35.5. The number of piperazine rings is 1. The number of nitrogens with zero attached hydrogens (tertiary/aromatic N) is 2. The largest absolute Gasteiger partial charge is 0.324 e. The number of amides is 1. The van der Waals surface area contributed by atoms with Crippen LogP contribution in [0.1, 0.15) is 43.2 Å². The Balaban J connectivity index is 1.35. The zero-order valence-electron chi connectivity index (χ0n) is 23.2. The van der Waals surface area contributed by atoms with Crippen LogP contribution >= 0.6 is 11.6 Å². The molecule has 2 aromatic rings. The number of carbonyl (C=O) groups is 1. The van der Waals surface area contributed by atoms with Crippen molar-refractivity contribution in [1.82, 2.24) is 13.9 Å². The molecule has 4 N–H and O–H groups in total. The highest BCUT2D eigenvalue weighted by Crippen LogP contribution is 2.39. The lowest BCUT2D eigenvalue weighted by atomic mass is 9.68. The van der Waals surface area contributed by atoms with E-state index >= 15 is 4.39 Å². The van der Waals surface area contributed by atoms with Crippen molar-refractivity contribution < 1.29 is 26.0 Å². The quantitative estimate of drug-likeness (QED) is 0.323. The lowest BCUT2D eigenvalue weighted by Gasteiger charge is -2.43. The summed E-state index contributed by atoms with van der Waals surface area (Å²) in [6, 6.07) is 10.2. The number of hydrogen-bond donors (Lipinski definition) is 4. The molecule has 42 heavy (non-hydrogen) atoms. The lowest BCUT2D eigenvalue weighted by Crippen LogP contribution is -2.57. The molecule has 3 aliphatic heterocycles. The van der Waals surface area contributed by atoms with Crippen LogP contribution in [-0.2, 0) is 37.5 Å². The SMILES string of the molecule is N[C@H](C(=O)Nc1cccc(F)c1CC[C@H]1CN[C@@H]2CCCS(=O)(=O)N1C2)C1(c2ccc(Cl)cc2)CCN([SH](=O)=O)CC1. The van der Waals surface area contributed by atoms with Crippen molar-refractivity contribution >= 4 is 44.1 Å². The molecule has 3 heterocycles. The van der Waals surface area contributed by atoms with Gasteiger partial charge >= 0.3 is 0 Å². The Morgan fingerprint density at radius 2 is 1.90 bits per heavy atom. The first-order valence-electron chi connectivity index (χ1n) is 14.2. The van der Waals surface area contributed by atoms with Crippen molar-refractivity contribution in [1.29, 1.82) is 0 Å². The maximum atomic E-state index is 15.2. The summed E-state index contributed by atoms with van der Waals surface area (Å²) in [5.41, 5.74) is 7.13. The van der Waals surface area contributed by atoms with E-state index in [-0.39, 0.29) is 48.6 Å². The zero-order chi connectivity index (χ0) is 30.1. The molecule has 0 saturated carbocycles. The highest BCUT2D eigenvalue weighted by Gasteiger charge is 2.45. The summed E-state index contributed by atoms with van der Waals surface area (Å²) in [5, 5.41) is 6.78. The molecule has 2 bridgehead atoms. The normalized spacial score (nSPS) is 26.3. The van der Waals surface area contributed by atoms with Gasteiger partial charge < -0.3 is 16.4 Å². The number of sulfonamides is 1. The van der Waals surface area contributed by atoms with Gasteiger partial charge in [-0.25, -0.2) is 25.5 Å². The van der Waals surface area contributed by atoms with Crippen molar-refractivity contribution in [2.75, 3.05) is 37.2 Å². The summed E-state index contributed by atoms with van der Waals surface area (Å²) in [6.45, 7) is 1.32. The Kier molecular flexibility index (Phi) is 9.57. The smallest absolute Gasteiger partial charge is 0.242 e. The van der Waals surface area contributed by atoms with E-state index < -0.39 is 44.1 Å². The van der Waals surface area contributed by atoms with Crippen LogP contribution in [0.3, 0.4) is 0 Å². The molecule has 0 aliphatic carbocycles. The number of benzene rings is 2. The van der Waals surface area contributed by atoms with Crippen LogP contribution < -0.4 is 16.4 Å². The van der Waals surface area contributed by atoms with E-state index in [1.807, 2.05) is 0 Å². The lowest BCUT2D eigenvalue weighted by molar-refractivity contribution is -0.119. The number of nitrogens with one attached hydrogen (secondary N) is 2. The Morgan fingerprint density at radius 3 is 2.60 bits per heavy atom. The number of hydrogen-bond acceptors (Lipinski definition) is 7. The molecule has 1 amide bonds. The molecular formula is C28H37ClFN5O5S2. The molecule has 2 aromatic carbocycles. The third-order valence-electron chi connectivity index (χ3n) is 9.03. The molecule has 1 unspecified atom stereocenters. The van der Waals surface area contributed by atoms with Gasteiger partial charge in [0.15, 0.2) is 0 Å². The van der Waals surface area contributed by atoms with Crippen molar-refractivity contribution in [3.05, 3.63) is 64.4 Å². The fourth-order valence-electron chi connectivity index (χ4n) is 6.57. The minimum atomic E-state index is -3.39. The second-order valence-electron chi connectivity index (χ2n) is 11.4. The number of carbonyl (C=O) groups excluding carboxylic acids is 1. The number of piperidine rings is 1.